The molecule has 0 spiro atoms. The Labute approximate surface area is 169 Å². The van der Waals surface area contributed by atoms with Crippen molar-refractivity contribution in [2.75, 3.05) is 5.75 Å². The number of thiophene rings is 2. The summed E-state index contributed by atoms with van der Waals surface area (Å²) in [7, 11) is 0. The first kappa shape index (κ1) is 18.4. The number of fused-ring (bicyclic) bond motifs is 1. The largest absolute Gasteiger partial charge is 0.337 e. The van der Waals surface area contributed by atoms with E-state index in [1.807, 2.05) is 19.9 Å². The number of hydrogen-bond acceptors (Lipinski definition) is 7. The Kier molecular flexibility index (Phi) is 4.93. The standard InChI is InChI=1S/C19H18N4OS3/c1-11-21-17-16(13(8-26-17)14-4-3-7-25-14)18(22-11)27-9-15(24)23-19(2,10-20)12-5-6-12/h3-4,7-8,12H,5-6,9H2,1-2H3,(H,23,24)/t19-/m0/s1. The van der Waals surface area contributed by atoms with Crippen molar-refractivity contribution >= 4 is 50.6 Å². The van der Waals surface area contributed by atoms with E-state index in [2.05, 4.69) is 38.2 Å². The number of carbonyl (C=O) groups is 1. The number of nitrogens with one attached hydrogen (secondary N) is 1. The lowest BCUT2D eigenvalue weighted by Gasteiger charge is -2.22. The van der Waals surface area contributed by atoms with E-state index < -0.39 is 5.54 Å². The van der Waals surface area contributed by atoms with E-state index in [9.17, 15) is 10.1 Å². The van der Waals surface area contributed by atoms with E-state index in [0.717, 1.165) is 33.6 Å². The molecular weight excluding hydrogens is 396 g/mol. The molecule has 3 aromatic heterocycles. The summed E-state index contributed by atoms with van der Waals surface area (Å²) in [4.78, 5) is 23.7. The van der Waals surface area contributed by atoms with E-state index in [4.69, 9.17) is 0 Å². The number of rotatable bonds is 6. The molecule has 3 heterocycles. The van der Waals surface area contributed by atoms with Gasteiger partial charge in [-0.25, -0.2) is 9.97 Å². The van der Waals surface area contributed by atoms with Crippen molar-refractivity contribution in [1.29, 1.82) is 5.26 Å². The van der Waals surface area contributed by atoms with Crippen LogP contribution in [0.5, 0.6) is 0 Å². The second-order valence-corrected chi connectivity index (χ2v) is 9.58. The SMILES string of the molecule is Cc1nc(SCC(=O)N[C@@](C)(C#N)C2CC2)c2c(-c3cccs3)csc2n1. The average molecular weight is 415 g/mol. The van der Waals surface area contributed by atoms with Gasteiger partial charge >= 0.3 is 0 Å². The molecule has 138 valence electrons. The van der Waals surface area contributed by atoms with Crippen LogP contribution in [0, 0.1) is 24.2 Å². The summed E-state index contributed by atoms with van der Waals surface area (Å²) < 4.78 is 0. The van der Waals surface area contributed by atoms with Gasteiger partial charge in [-0.3, -0.25) is 4.79 Å². The lowest BCUT2D eigenvalue weighted by Crippen LogP contribution is -2.47. The fourth-order valence-corrected chi connectivity index (χ4v) is 5.83. The molecule has 27 heavy (non-hydrogen) atoms. The molecule has 0 radical (unpaired) electrons. The minimum absolute atomic E-state index is 0.131. The Morgan fingerprint density at radius 3 is 2.93 bits per heavy atom. The van der Waals surface area contributed by atoms with Gasteiger partial charge in [-0.2, -0.15) is 5.26 Å². The maximum Gasteiger partial charge on any atom is 0.231 e. The smallest absolute Gasteiger partial charge is 0.231 e. The van der Waals surface area contributed by atoms with Crippen LogP contribution in [0.25, 0.3) is 20.7 Å². The third-order valence-electron chi connectivity index (χ3n) is 4.66. The van der Waals surface area contributed by atoms with Gasteiger partial charge in [0.1, 0.15) is 21.2 Å². The Hall–Kier alpha value is -1.95. The lowest BCUT2D eigenvalue weighted by molar-refractivity contribution is -0.119. The van der Waals surface area contributed by atoms with Crippen LogP contribution >= 0.6 is 34.4 Å². The molecule has 1 amide bonds. The van der Waals surface area contributed by atoms with Crippen molar-refractivity contribution in [1.82, 2.24) is 15.3 Å². The topological polar surface area (TPSA) is 78.7 Å². The molecule has 4 rings (SSSR count). The molecular formula is C19H18N4OS3. The number of aryl methyl sites for hydroxylation is 1. The summed E-state index contributed by atoms with van der Waals surface area (Å²) in [5.41, 5.74) is 0.353. The van der Waals surface area contributed by atoms with Crippen molar-refractivity contribution in [3.8, 4) is 16.5 Å². The zero-order valence-corrected chi connectivity index (χ0v) is 17.4. The van der Waals surface area contributed by atoms with E-state index in [1.165, 1.54) is 16.6 Å². The van der Waals surface area contributed by atoms with Gasteiger partial charge in [0.05, 0.1) is 17.2 Å². The highest BCUT2D eigenvalue weighted by molar-refractivity contribution is 8.00. The summed E-state index contributed by atoms with van der Waals surface area (Å²) in [6.45, 7) is 3.68. The van der Waals surface area contributed by atoms with Crippen molar-refractivity contribution < 1.29 is 4.79 Å². The highest BCUT2D eigenvalue weighted by Gasteiger charge is 2.42. The van der Waals surface area contributed by atoms with Gasteiger partial charge in [-0.15, -0.1) is 22.7 Å². The van der Waals surface area contributed by atoms with Crippen LogP contribution in [-0.4, -0.2) is 27.2 Å². The predicted molar refractivity (Wildman–Crippen MR) is 111 cm³/mol. The van der Waals surface area contributed by atoms with E-state index >= 15 is 0 Å². The molecule has 0 bridgehead atoms. The second kappa shape index (κ2) is 7.23. The molecule has 1 aliphatic rings. The lowest BCUT2D eigenvalue weighted by atomic mass is 9.98. The average Bonchev–Trinajstić information content (AvgIpc) is 3.21. The molecule has 1 fully saturated rings. The molecule has 1 saturated carbocycles. The second-order valence-electron chi connectivity index (χ2n) is 6.81. The summed E-state index contributed by atoms with van der Waals surface area (Å²) in [5, 5.41) is 18.3. The molecule has 1 aliphatic carbocycles. The van der Waals surface area contributed by atoms with E-state index in [0.29, 0.717) is 5.82 Å². The predicted octanol–water partition coefficient (Wildman–Crippen LogP) is 4.63. The van der Waals surface area contributed by atoms with Crippen LogP contribution < -0.4 is 5.32 Å². The van der Waals surface area contributed by atoms with Crippen LogP contribution in [-0.2, 0) is 4.79 Å². The van der Waals surface area contributed by atoms with Crippen molar-refractivity contribution in [2.24, 2.45) is 5.92 Å². The zero-order chi connectivity index (χ0) is 19.0. The number of aromatic nitrogens is 2. The maximum atomic E-state index is 12.5. The first-order valence-electron chi connectivity index (χ1n) is 8.65. The quantitative estimate of drug-likeness (QED) is 0.470. The number of thioether (sulfide) groups is 1. The van der Waals surface area contributed by atoms with Gasteiger partial charge in [0.25, 0.3) is 0 Å². The summed E-state index contributed by atoms with van der Waals surface area (Å²) in [5.74, 6) is 1.07. The van der Waals surface area contributed by atoms with Gasteiger partial charge in [0.2, 0.25) is 5.91 Å². The monoisotopic (exact) mass is 414 g/mol. The van der Waals surface area contributed by atoms with Crippen LogP contribution in [0.15, 0.2) is 27.9 Å². The fraction of sp³-hybridized carbons (Fsp3) is 0.368. The van der Waals surface area contributed by atoms with Gasteiger partial charge in [-0.1, -0.05) is 17.8 Å². The molecule has 5 nitrogen and oxygen atoms in total. The Balaban J connectivity index is 1.57. The summed E-state index contributed by atoms with van der Waals surface area (Å²) in [6, 6.07) is 6.38. The Morgan fingerprint density at radius 2 is 2.26 bits per heavy atom. The van der Waals surface area contributed by atoms with Gasteiger partial charge < -0.3 is 5.32 Å². The van der Waals surface area contributed by atoms with E-state index in [1.54, 1.807) is 22.7 Å². The highest BCUT2D eigenvalue weighted by Crippen LogP contribution is 2.41. The van der Waals surface area contributed by atoms with Gasteiger partial charge in [0.15, 0.2) is 0 Å². The number of nitrogens with zero attached hydrogens (tertiary/aromatic N) is 3. The van der Waals surface area contributed by atoms with Crippen LogP contribution in [0.4, 0.5) is 0 Å². The Bertz CT molecular complexity index is 1030. The molecule has 0 aromatic carbocycles. The number of carbonyl (C=O) groups excluding carboxylic acids is 1. The highest BCUT2D eigenvalue weighted by atomic mass is 32.2. The minimum atomic E-state index is -0.765. The van der Waals surface area contributed by atoms with E-state index in [-0.39, 0.29) is 17.6 Å². The molecule has 1 atom stereocenters. The third-order valence-corrected chi connectivity index (χ3v) is 7.41. The number of amides is 1. The third kappa shape index (κ3) is 3.72. The molecule has 1 N–H and O–H groups in total. The first-order chi connectivity index (χ1) is 13.0. The molecule has 3 aromatic rings. The van der Waals surface area contributed by atoms with Crippen molar-refractivity contribution in [2.45, 2.75) is 37.3 Å². The minimum Gasteiger partial charge on any atom is -0.337 e. The van der Waals surface area contributed by atoms with Crippen LogP contribution in [0.1, 0.15) is 25.6 Å². The first-order valence-corrected chi connectivity index (χ1v) is 11.4. The van der Waals surface area contributed by atoms with Crippen molar-refractivity contribution in [3.05, 3.63) is 28.7 Å². The Morgan fingerprint density at radius 1 is 1.44 bits per heavy atom. The van der Waals surface area contributed by atoms with Crippen molar-refractivity contribution in [3.63, 3.8) is 0 Å². The molecule has 8 heteroatoms. The molecule has 0 unspecified atom stereocenters. The van der Waals surface area contributed by atoms with Gasteiger partial charge in [-0.05, 0) is 44.1 Å². The number of nitriles is 1. The number of hydrogen-bond donors (Lipinski definition) is 1. The molecule has 0 aliphatic heterocycles. The summed E-state index contributed by atoms with van der Waals surface area (Å²) >= 11 is 4.69. The maximum absolute atomic E-state index is 12.5. The van der Waals surface area contributed by atoms with Crippen LogP contribution in [0.3, 0.4) is 0 Å². The zero-order valence-electron chi connectivity index (χ0n) is 15.0. The normalized spacial score (nSPS) is 16.0. The molecule has 0 saturated heterocycles. The van der Waals surface area contributed by atoms with Gasteiger partial charge in [0, 0.05) is 15.8 Å². The summed E-state index contributed by atoms with van der Waals surface area (Å²) in [6.07, 6.45) is 2.00. The van der Waals surface area contributed by atoms with Crippen LogP contribution in [0.2, 0.25) is 0 Å². The fourth-order valence-electron chi connectivity index (χ4n) is 3.07.